The largest absolute Gasteiger partial charge is 0.340 e. The second-order valence-electron chi connectivity index (χ2n) is 6.61. The Morgan fingerprint density at radius 3 is 2.22 bits per heavy atom. The Bertz CT molecular complexity index is 335. The van der Waals surface area contributed by atoms with Crippen LogP contribution < -0.4 is 5.32 Å². The average Bonchev–Trinajstić information content (AvgIpc) is 2.50. The van der Waals surface area contributed by atoms with E-state index in [1.165, 1.54) is 5.06 Å². The first-order valence-electron chi connectivity index (χ1n) is 6.75. The summed E-state index contributed by atoms with van der Waals surface area (Å²) in [6.07, 6.45) is 0.708. The molecule has 2 aliphatic heterocycles. The normalized spacial score (nSPS) is 31.6. The summed E-state index contributed by atoms with van der Waals surface area (Å²) in [5.74, 6) is 0.0572. The van der Waals surface area contributed by atoms with Crippen molar-refractivity contribution in [3.05, 3.63) is 0 Å². The molecule has 0 aromatic rings. The van der Waals surface area contributed by atoms with Gasteiger partial charge in [0.05, 0.1) is 11.5 Å². The minimum absolute atomic E-state index is 0.129. The summed E-state index contributed by atoms with van der Waals surface area (Å²) in [4.78, 5) is 14.5. The van der Waals surface area contributed by atoms with Crippen LogP contribution in [-0.4, -0.2) is 58.3 Å². The summed E-state index contributed by atoms with van der Waals surface area (Å²) in [5, 5.41) is 14.9. The van der Waals surface area contributed by atoms with Crippen LogP contribution in [0.2, 0.25) is 0 Å². The molecule has 0 saturated carbocycles. The average molecular weight is 255 g/mol. The number of nitrogens with one attached hydrogen (secondary N) is 1. The van der Waals surface area contributed by atoms with Crippen LogP contribution in [-0.2, 0) is 4.79 Å². The first-order valence-corrected chi connectivity index (χ1v) is 6.75. The maximum atomic E-state index is 12.6. The molecule has 0 aromatic heterocycles. The Morgan fingerprint density at radius 1 is 1.22 bits per heavy atom. The number of hydrogen-bond donors (Lipinski definition) is 2. The lowest BCUT2D eigenvalue weighted by molar-refractivity contribution is -0.198. The Morgan fingerprint density at radius 2 is 1.78 bits per heavy atom. The topological polar surface area (TPSA) is 55.8 Å². The molecule has 0 aliphatic carbocycles. The van der Waals surface area contributed by atoms with E-state index in [4.69, 9.17) is 0 Å². The van der Waals surface area contributed by atoms with E-state index < -0.39 is 5.54 Å². The van der Waals surface area contributed by atoms with Gasteiger partial charge in [-0.1, -0.05) is 0 Å². The third-order valence-corrected chi connectivity index (χ3v) is 4.40. The number of rotatable bonds is 1. The lowest BCUT2D eigenvalue weighted by Crippen LogP contribution is -2.53. The molecule has 2 fully saturated rings. The smallest absolute Gasteiger partial charge is 0.227 e. The zero-order valence-electron chi connectivity index (χ0n) is 11.9. The van der Waals surface area contributed by atoms with Gasteiger partial charge in [-0.2, -0.15) is 5.06 Å². The third-order valence-electron chi connectivity index (χ3n) is 4.40. The van der Waals surface area contributed by atoms with Crippen LogP contribution in [0.5, 0.6) is 0 Å². The quantitative estimate of drug-likeness (QED) is 0.724. The standard InChI is InChI=1S/C13H25N3O2/c1-12(2)9-10(13(3,4)16(12)18)11(17)15-7-5-14-6-8-15/h10,14,18H,5-9H2,1-4H3. The first-order chi connectivity index (χ1) is 8.27. The van der Waals surface area contributed by atoms with Crippen LogP contribution in [0.15, 0.2) is 0 Å². The van der Waals surface area contributed by atoms with E-state index in [2.05, 4.69) is 5.32 Å². The Balaban J connectivity index is 2.15. The summed E-state index contributed by atoms with van der Waals surface area (Å²) < 4.78 is 0. The van der Waals surface area contributed by atoms with Crippen molar-refractivity contribution in [2.24, 2.45) is 5.92 Å². The van der Waals surface area contributed by atoms with Crippen molar-refractivity contribution >= 4 is 5.91 Å². The van der Waals surface area contributed by atoms with Gasteiger partial charge in [0.15, 0.2) is 0 Å². The molecule has 0 aromatic carbocycles. The Kier molecular flexibility index (Phi) is 3.42. The molecule has 0 bridgehead atoms. The fourth-order valence-corrected chi connectivity index (χ4v) is 3.26. The summed E-state index contributed by atoms with van der Waals surface area (Å²) in [7, 11) is 0. The van der Waals surface area contributed by atoms with Crippen LogP contribution in [0.1, 0.15) is 34.1 Å². The van der Waals surface area contributed by atoms with E-state index in [9.17, 15) is 10.0 Å². The summed E-state index contributed by atoms with van der Waals surface area (Å²) in [6.45, 7) is 11.2. The fraction of sp³-hybridized carbons (Fsp3) is 0.923. The minimum Gasteiger partial charge on any atom is -0.340 e. The minimum atomic E-state index is -0.495. The monoisotopic (exact) mass is 255 g/mol. The maximum Gasteiger partial charge on any atom is 0.227 e. The van der Waals surface area contributed by atoms with Crippen LogP contribution in [0.4, 0.5) is 0 Å². The zero-order valence-corrected chi connectivity index (χ0v) is 11.9. The van der Waals surface area contributed by atoms with Gasteiger partial charge < -0.3 is 15.4 Å². The molecule has 5 nitrogen and oxygen atoms in total. The van der Waals surface area contributed by atoms with Gasteiger partial charge in [-0.25, -0.2) is 0 Å². The lowest BCUT2D eigenvalue weighted by Gasteiger charge is -2.37. The molecule has 2 saturated heterocycles. The van der Waals surface area contributed by atoms with Gasteiger partial charge in [-0.3, -0.25) is 4.79 Å². The molecule has 2 N–H and O–H groups in total. The fourth-order valence-electron chi connectivity index (χ4n) is 3.26. The molecule has 2 aliphatic rings. The van der Waals surface area contributed by atoms with Gasteiger partial charge in [0.25, 0.3) is 0 Å². The predicted molar refractivity (Wildman–Crippen MR) is 69.3 cm³/mol. The van der Waals surface area contributed by atoms with E-state index in [0.717, 1.165) is 26.2 Å². The number of piperazine rings is 1. The number of nitrogens with zero attached hydrogens (tertiary/aromatic N) is 2. The van der Waals surface area contributed by atoms with Gasteiger partial charge in [-0.15, -0.1) is 0 Å². The van der Waals surface area contributed by atoms with Crippen LogP contribution in [0.25, 0.3) is 0 Å². The second-order valence-corrected chi connectivity index (χ2v) is 6.61. The van der Waals surface area contributed by atoms with Crippen molar-refractivity contribution in [2.45, 2.75) is 45.2 Å². The Labute approximate surface area is 109 Å². The van der Waals surface area contributed by atoms with Gasteiger partial charge >= 0.3 is 0 Å². The number of hydrogen-bond acceptors (Lipinski definition) is 4. The molecular weight excluding hydrogens is 230 g/mol. The van der Waals surface area contributed by atoms with Gasteiger partial charge in [0.1, 0.15) is 0 Å². The van der Waals surface area contributed by atoms with E-state index in [1.807, 2.05) is 32.6 Å². The maximum absolute atomic E-state index is 12.6. The molecule has 1 amide bonds. The zero-order chi connectivity index (χ0) is 13.6. The highest BCUT2D eigenvalue weighted by atomic mass is 16.5. The molecule has 18 heavy (non-hydrogen) atoms. The number of carbonyl (C=O) groups is 1. The number of hydroxylamine groups is 2. The van der Waals surface area contributed by atoms with Crippen LogP contribution in [0, 0.1) is 5.92 Å². The van der Waals surface area contributed by atoms with Gasteiger partial charge in [0.2, 0.25) is 5.91 Å². The highest BCUT2D eigenvalue weighted by Gasteiger charge is 2.54. The van der Waals surface area contributed by atoms with Crippen molar-refractivity contribution in [1.82, 2.24) is 15.3 Å². The summed E-state index contributed by atoms with van der Waals surface area (Å²) in [6, 6.07) is 0. The van der Waals surface area contributed by atoms with E-state index in [0.29, 0.717) is 6.42 Å². The molecule has 0 spiro atoms. The number of carbonyl (C=O) groups excluding carboxylic acids is 1. The van der Waals surface area contributed by atoms with Gasteiger partial charge in [0, 0.05) is 31.7 Å². The van der Waals surface area contributed by atoms with Crippen molar-refractivity contribution in [3.63, 3.8) is 0 Å². The first kappa shape index (κ1) is 13.8. The van der Waals surface area contributed by atoms with E-state index in [-0.39, 0.29) is 17.4 Å². The molecule has 1 unspecified atom stereocenters. The second kappa shape index (κ2) is 4.47. The molecule has 5 heteroatoms. The highest BCUT2D eigenvalue weighted by Crippen LogP contribution is 2.44. The summed E-state index contributed by atoms with van der Waals surface area (Å²) >= 11 is 0. The molecule has 2 rings (SSSR count). The number of amides is 1. The predicted octanol–water partition coefficient (Wildman–Crippen LogP) is 0.687. The van der Waals surface area contributed by atoms with Gasteiger partial charge in [-0.05, 0) is 34.1 Å². The van der Waals surface area contributed by atoms with Crippen molar-refractivity contribution < 1.29 is 10.0 Å². The van der Waals surface area contributed by atoms with Crippen molar-refractivity contribution in [2.75, 3.05) is 26.2 Å². The molecular formula is C13H25N3O2. The van der Waals surface area contributed by atoms with Crippen LogP contribution in [0.3, 0.4) is 0 Å². The van der Waals surface area contributed by atoms with Crippen molar-refractivity contribution in [3.8, 4) is 0 Å². The Hall–Kier alpha value is -0.650. The van der Waals surface area contributed by atoms with Crippen LogP contribution >= 0.6 is 0 Å². The summed E-state index contributed by atoms with van der Waals surface area (Å²) in [5.41, 5.74) is -0.830. The molecule has 104 valence electrons. The SMILES string of the molecule is CC1(C)CC(C(=O)N2CCNCC2)C(C)(C)N1O. The van der Waals surface area contributed by atoms with E-state index in [1.54, 1.807) is 0 Å². The third kappa shape index (κ3) is 2.15. The lowest BCUT2D eigenvalue weighted by atomic mass is 9.85. The molecule has 2 heterocycles. The van der Waals surface area contributed by atoms with Crippen molar-refractivity contribution in [1.29, 1.82) is 0 Å². The highest BCUT2D eigenvalue weighted by molar-refractivity contribution is 5.81. The van der Waals surface area contributed by atoms with E-state index >= 15 is 0 Å². The molecule has 0 radical (unpaired) electrons. The molecule has 1 atom stereocenters.